The molecular formula is C12H13NO3. The topological polar surface area (TPSA) is 57.6 Å². The van der Waals surface area contributed by atoms with E-state index in [1.54, 1.807) is 4.90 Å². The van der Waals surface area contributed by atoms with Crippen LogP contribution in [0.15, 0.2) is 24.3 Å². The lowest BCUT2D eigenvalue weighted by atomic mass is 10.0. The summed E-state index contributed by atoms with van der Waals surface area (Å²) < 4.78 is 0. The molecule has 1 aliphatic heterocycles. The Labute approximate surface area is 93.5 Å². The van der Waals surface area contributed by atoms with Crippen LogP contribution in [0.3, 0.4) is 0 Å². The second-order valence-corrected chi connectivity index (χ2v) is 3.82. The second kappa shape index (κ2) is 4.35. The van der Waals surface area contributed by atoms with Crippen LogP contribution in [0, 0.1) is 0 Å². The first kappa shape index (κ1) is 10.7. The fraction of sp³-hybridized carbons (Fsp3) is 0.333. The van der Waals surface area contributed by atoms with Gasteiger partial charge in [0.2, 0.25) is 5.91 Å². The summed E-state index contributed by atoms with van der Waals surface area (Å²) in [5.41, 5.74) is 1.98. The van der Waals surface area contributed by atoms with Crippen LogP contribution in [0.5, 0.6) is 0 Å². The molecule has 0 spiro atoms. The molecule has 1 amide bonds. The Morgan fingerprint density at radius 1 is 1.31 bits per heavy atom. The summed E-state index contributed by atoms with van der Waals surface area (Å²) in [6.45, 7) is 0.255. The summed E-state index contributed by atoms with van der Waals surface area (Å²) in [6.07, 6.45) is 1.20. The molecule has 4 heteroatoms. The van der Waals surface area contributed by atoms with Gasteiger partial charge in [0.25, 0.3) is 0 Å². The van der Waals surface area contributed by atoms with Gasteiger partial charge in [-0.15, -0.1) is 0 Å². The average molecular weight is 219 g/mol. The highest BCUT2D eigenvalue weighted by Gasteiger charge is 2.23. The molecule has 4 nitrogen and oxygen atoms in total. The molecule has 0 atom stereocenters. The summed E-state index contributed by atoms with van der Waals surface area (Å²) >= 11 is 0. The number of carboxylic acid groups (broad SMARTS) is 1. The molecule has 0 fully saturated rings. The van der Waals surface area contributed by atoms with Crippen molar-refractivity contribution < 1.29 is 14.7 Å². The molecule has 0 aliphatic carbocycles. The van der Waals surface area contributed by atoms with Crippen LogP contribution >= 0.6 is 0 Å². The van der Waals surface area contributed by atoms with Crippen LogP contribution in [0.1, 0.15) is 18.4 Å². The molecule has 1 aliphatic rings. The normalized spacial score (nSPS) is 14.8. The monoisotopic (exact) mass is 219 g/mol. The van der Waals surface area contributed by atoms with Crippen molar-refractivity contribution in [3.63, 3.8) is 0 Å². The maximum absolute atomic E-state index is 11.7. The number of benzene rings is 1. The number of para-hydroxylation sites is 1. The number of aliphatic carboxylic acids is 1. The van der Waals surface area contributed by atoms with Gasteiger partial charge < -0.3 is 10.0 Å². The minimum atomic E-state index is -0.879. The molecule has 0 aromatic heterocycles. The predicted octanol–water partition coefficient (Wildman–Crippen LogP) is 1.44. The first-order valence-electron chi connectivity index (χ1n) is 5.28. The number of amides is 1. The SMILES string of the molecule is O=C(O)CCN1C(=O)CCc2ccccc21. The third-order valence-corrected chi connectivity index (χ3v) is 2.74. The molecule has 0 bridgehead atoms. The van der Waals surface area contributed by atoms with E-state index in [1.807, 2.05) is 24.3 Å². The lowest BCUT2D eigenvalue weighted by molar-refractivity contribution is -0.136. The van der Waals surface area contributed by atoms with Crippen LogP contribution in [-0.2, 0) is 16.0 Å². The van der Waals surface area contributed by atoms with Gasteiger partial charge in [0.1, 0.15) is 0 Å². The number of fused-ring (bicyclic) bond motifs is 1. The number of rotatable bonds is 3. The van der Waals surface area contributed by atoms with E-state index in [2.05, 4.69) is 0 Å². The summed E-state index contributed by atoms with van der Waals surface area (Å²) in [4.78, 5) is 23.8. The van der Waals surface area contributed by atoms with Gasteiger partial charge in [-0.2, -0.15) is 0 Å². The largest absolute Gasteiger partial charge is 0.481 e. The van der Waals surface area contributed by atoms with Crippen LogP contribution in [-0.4, -0.2) is 23.5 Å². The standard InChI is InChI=1S/C12H13NO3/c14-11-6-5-9-3-1-2-4-10(9)13(11)8-7-12(15)16/h1-4H,5-8H2,(H,15,16). The molecule has 1 N–H and O–H groups in total. The van der Waals surface area contributed by atoms with Gasteiger partial charge in [-0.05, 0) is 18.1 Å². The van der Waals surface area contributed by atoms with Crippen molar-refractivity contribution in [2.24, 2.45) is 0 Å². The lowest BCUT2D eigenvalue weighted by Crippen LogP contribution is -2.36. The molecule has 1 aromatic carbocycles. The molecule has 0 radical (unpaired) electrons. The van der Waals surface area contributed by atoms with Crippen molar-refractivity contribution in [1.29, 1.82) is 0 Å². The van der Waals surface area contributed by atoms with Gasteiger partial charge in [-0.3, -0.25) is 9.59 Å². The summed E-state index contributed by atoms with van der Waals surface area (Å²) in [7, 11) is 0. The predicted molar refractivity (Wildman–Crippen MR) is 59.4 cm³/mol. The molecule has 0 saturated carbocycles. The zero-order chi connectivity index (χ0) is 11.5. The Hall–Kier alpha value is -1.84. The molecule has 84 valence electrons. The van der Waals surface area contributed by atoms with Crippen molar-refractivity contribution >= 4 is 17.6 Å². The highest BCUT2D eigenvalue weighted by atomic mass is 16.4. The Bertz CT molecular complexity index is 428. The number of aryl methyl sites for hydroxylation is 1. The van der Waals surface area contributed by atoms with Crippen LogP contribution in [0.2, 0.25) is 0 Å². The van der Waals surface area contributed by atoms with E-state index in [1.165, 1.54) is 0 Å². The lowest BCUT2D eigenvalue weighted by Gasteiger charge is -2.28. The van der Waals surface area contributed by atoms with Crippen LogP contribution < -0.4 is 4.90 Å². The summed E-state index contributed by atoms with van der Waals surface area (Å²) in [5, 5.41) is 8.64. The van der Waals surface area contributed by atoms with E-state index in [4.69, 9.17) is 5.11 Å². The number of carbonyl (C=O) groups is 2. The first-order chi connectivity index (χ1) is 7.68. The maximum Gasteiger partial charge on any atom is 0.305 e. The quantitative estimate of drug-likeness (QED) is 0.836. The van der Waals surface area contributed by atoms with Crippen molar-refractivity contribution in [3.05, 3.63) is 29.8 Å². The number of hydrogen-bond acceptors (Lipinski definition) is 2. The minimum absolute atomic E-state index is 0.0138. The fourth-order valence-corrected chi connectivity index (χ4v) is 1.95. The fourth-order valence-electron chi connectivity index (χ4n) is 1.95. The van der Waals surface area contributed by atoms with Crippen LogP contribution in [0.4, 0.5) is 5.69 Å². The van der Waals surface area contributed by atoms with Crippen molar-refractivity contribution in [1.82, 2.24) is 0 Å². The van der Waals surface area contributed by atoms with Gasteiger partial charge in [0.15, 0.2) is 0 Å². The van der Waals surface area contributed by atoms with Gasteiger partial charge in [-0.25, -0.2) is 0 Å². The zero-order valence-corrected chi connectivity index (χ0v) is 8.85. The highest BCUT2D eigenvalue weighted by molar-refractivity contribution is 5.96. The van der Waals surface area contributed by atoms with E-state index in [0.29, 0.717) is 6.42 Å². The van der Waals surface area contributed by atoms with Gasteiger partial charge >= 0.3 is 5.97 Å². The van der Waals surface area contributed by atoms with Gasteiger partial charge in [0.05, 0.1) is 6.42 Å². The smallest absolute Gasteiger partial charge is 0.305 e. The molecule has 16 heavy (non-hydrogen) atoms. The molecule has 2 rings (SSSR count). The summed E-state index contributed by atoms with van der Waals surface area (Å²) in [5.74, 6) is -0.865. The number of carbonyl (C=O) groups excluding carboxylic acids is 1. The van der Waals surface area contributed by atoms with E-state index >= 15 is 0 Å². The van der Waals surface area contributed by atoms with Crippen molar-refractivity contribution in [2.45, 2.75) is 19.3 Å². The number of nitrogens with zero attached hydrogens (tertiary/aromatic N) is 1. The number of anilines is 1. The number of hydrogen-bond donors (Lipinski definition) is 1. The van der Waals surface area contributed by atoms with Crippen molar-refractivity contribution in [3.8, 4) is 0 Å². The Morgan fingerprint density at radius 2 is 2.06 bits per heavy atom. The zero-order valence-electron chi connectivity index (χ0n) is 8.85. The van der Waals surface area contributed by atoms with E-state index < -0.39 is 5.97 Å². The Morgan fingerprint density at radius 3 is 2.81 bits per heavy atom. The van der Waals surface area contributed by atoms with Gasteiger partial charge in [0, 0.05) is 18.7 Å². The second-order valence-electron chi connectivity index (χ2n) is 3.82. The third kappa shape index (κ3) is 2.05. The van der Waals surface area contributed by atoms with E-state index in [0.717, 1.165) is 17.7 Å². The van der Waals surface area contributed by atoms with Crippen LogP contribution in [0.25, 0.3) is 0 Å². The Balaban J connectivity index is 2.23. The van der Waals surface area contributed by atoms with Gasteiger partial charge in [-0.1, -0.05) is 18.2 Å². The molecular weight excluding hydrogens is 206 g/mol. The Kier molecular flexibility index (Phi) is 2.90. The average Bonchev–Trinajstić information content (AvgIpc) is 2.27. The molecule has 0 unspecified atom stereocenters. The third-order valence-electron chi connectivity index (χ3n) is 2.74. The molecule has 1 aromatic rings. The highest BCUT2D eigenvalue weighted by Crippen LogP contribution is 2.27. The molecule has 0 saturated heterocycles. The number of carboxylic acids is 1. The van der Waals surface area contributed by atoms with E-state index in [-0.39, 0.29) is 18.9 Å². The summed E-state index contributed by atoms with van der Waals surface area (Å²) in [6, 6.07) is 7.65. The molecule has 1 heterocycles. The maximum atomic E-state index is 11.7. The van der Waals surface area contributed by atoms with Crippen molar-refractivity contribution in [2.75, 3.05) is 11.4 Å². The van der Waals surface area contributed by atoms with E-state index in [9.17, 15) is 9.59 Å². The minimum Gasteiger partial charge on any atom is -0.481 e. The first-order valence-corrected chi connectivity index (χ1v) is 5.28.